The molecule has 7 heteroatoms. The lowest BCUT2D eigenvalue weighted by Crippen LogP contribution is -2.24. The number of hydrogen-bond donors (Lipinski definition) is 2. The van der Waals surface area contributed by atoms with Gasteiger partial charge in [0.1, 0.15) is 11.0 Å². The molecule has 0 fully saturated rings. The number of aromatic nitrogens is 3. The van der Waals surface area contributed by atoms with Gasteiger partial charge in [-0.2, -0.15) is 15.4 Å². The van der Waals surface area contributed by atoms with Crippen molar-refractivity contribution in [1.29, 1.82) is 0 Å². The molecule has 6 nitrogen and oxygen atoms in total. The minimum atomic E-state index is -3.46. The van der Waals surface area contributed by atoms with Gasteiger partial charge < -0.3 is 0 Å². The third-order valence-corrected chi connectivity index (χ3v) is 4.88. The first-order valence-corrected chi connectivity index (χ1v) is 8.92. The van der Waals surface area contributed by atoms with Crippen molar-refractivity contribution >= 4 is 21.1 Å². The smallest absolute Gasteiger partial charge is 0.211 e. The molecular formula is C14H22N4O2S. The van der Waals surface area contributed by atoms with Gasteiger partial charge in [0.25, 0.3) is 0 Å². The highest BCUT2D eigenvalue weighted by molar-refractivity contribution is 7.89. The van der Waals surface area contributed by atoms with Crippen LogP contribution in [0.5, 0.6) is 0 Å². The van der Waals surface area contributed by atoms with Crippen LogP contribution in [0, 0.1) is 0 Å². The fourth-order valence-electron chi connectivity index (χ4n) is 2.18. The summed E-state index contributed by atoms with van der Waals surface area (Å²) in [6.45, 7) is 2.66. The van der Waals surface area contributed by atoms with E-state index in [0.717, 1.165) is 12.8 Å². The van der Waals surface area contributed by atoms with Crippen molar-refractivity contribution in [2.24, 2.45) is 0 Å². The van der Waals surface area contributed by atoms with Gasteiger partial charge in [0.15, 0.2) is 0 Å². The Labute approximate surface area is 125 Å². The number of fused-ring (bicyclic) bond motifs is 1. The Morgan fingerprint density at radius 3 is 2.57 bits per heavy atom. The molecule has 0 bridgehead atoms. The Kier molecular flexibility index (Phi) is 5.69. The highest BCUT2D eigenvalue weighted by Crippen LogP contribution is 2.15. The van der Waals surface area contributed by atoms with Gasteiger partial charge >= 0.3 is 0 Å². The Morgan fingerprint density at radius 1 is 1.05 bits per heavy atom. The first-order chi connectivity index (χ1) is 10.1. The second-order valence-electron chi connectivity index (χ2n) is 5.14. The summed E-state index contributed by atoms with van der Waals surface area (Å²) >= 11 is 0. The van der Waals surface area contributed by atoms with Crippen LogP contribution in [0.25, 0.3) is 11.0 Å². The highest BCUT2D eigenvalue weighted by Gasteiger charge is 2.14. The van der Waals surface area contributed by atoms with E-state index in [1.165, 1.54) is 31.7 Å². The molecule has 0 saturated carbocycles. The van der Waals surface area contributed by atoms with Crippen molar-refractivity contribution in [2.75, 3.05) is 6.54 Å². The van der Waals surface area contributed by atoms with E-state index >= 15 is 0 Å². The van der Waals surface area contributed by atoms with Gasteiger partial charge in [-0.05, 0) is 24.6 Å². The predicted molar refractivity (Wildman–Crippen MR) is 82.5 cm³/mol. The summed E-state index contributed by atoms with van der Waals surface area (Å²) < 4.78 is 27.0. The predicted octanol–water partition coefficient (Wildman–Crippen LogP) is 2.60. The van der Waals surface area contributed by atoms with Crippen LogP contribution in [0.1, 0.15) is 45.4 Å². The molecule has 0 spiro atoms. The van der Waals surface area contributed by atoms with Gasteiger partial charge in [0, 0.05) is 6.54 Å². The molecule has 0 atom stereocenters. The second kappa shape index (κ2) is 7.51. The van der Waals surface area contributed by atoms with E-state index < -0.39 is 10.0 Å². The van der Waals surface area contributed by atoms with E-state index in [1.54, 1.807) is 12.1 Å². The molecule has 116 valence electrons. The summed E-state index contributed by atoms with van der Waals surface area (Å²) in [6, 6.07) is 4.73. The van der Waals surface area contributed by atoms with Crippen molar-refractivity contribution in [3.05, 3.63) is 18.2 Å². The zero-order valence-corrected chi connectivity index (χ0v) is 13.1. The number of unbranched alkanes of at least 4 members (excludes halogenated alkanes) is 5. The standard InChI is InChI=1S/C14H22N4O2S/c1-2-3-4-5-6-7-10-15-21(19,20)12-8-9-13-14(11-12)17-18-16-13/h8-9,11,15H,2-7,10H2,1H3,(H,16,17,18). The maximum atomic E-state index is 12.2. The van der Waals surface area contributed by atoms with Crippen molar-refractivity contribution in [1.82, 2.24) is 20.1 Å². The van der Waals surface area contributed by atoms with Crippen LogP contribution in [0.4, 0.5) is 0 Å². The van der Waals surface area contributed by atoms with Crippen LogP contribution in [0.2, 0.25) is 0 Å². The quantitative estimate of drug-likeness (QED) is 0.697. The largest absolute Gasteiger partial charge is 0.240 e. The molecule has 2 rings (SSSR count). The van der Waals surface area contributed by atoms with Gasteiger partial charge in [-0.1, -0.05) is 39.0 Å². The number of benzene rings is 1. The van der Waals surface area contributed by atoms with E-state index in [4.69, 9.17) is 0 Å². The molecule has 2 N–H and O–H groups in total. The Morgan fingerprint density at radius 2 is 1.76 bits per heavy atom. The lowest BCUT2D eigenvalue weighted by atomic mass is 10.1. The van der Waals surface area contributed by atoms with Crippen LogP contribution in [-0.4, -0.2) is 30.4 Å². The molecular weight excluding hydrogens is 288 g/mol. The van der Waals surface area contributed by atoms with E-state index in [-0.39, 0.29) is 4.90 Å². The first kappa shape index (κ1) is 15.9. The minimum absolute atomic E-state index is 0.231. The van der Waals surface area contributed by atoms with Crippen LogP contribution in [-0.2, 0) is 10.0 Å². The number of H-pyrrole nitrogens is 1. The van der Waals surface area contributed by atoms with Crippen molar-refractivity contribution in [2.45, 2.75) is 50.3 Å². The summed E-state index contributed by atoms with van der Waals surface area (Å²) in [5, 5.41) is 10.3. The third kappa shape index (κ3) is 4.50. The molecule has 0 aliphatic rings. The number of hydrogen-bond acceptors (Lipinski definition) is 4. The molecule has 1 heterocycles. The topological polar surface area (TPSA) is 87.7 Å². The lowest BCUT2D eigenvalue weighted by Gasteiger charge is -2.06. The minimum Gasteiger partial charge on any atom is -0.211 e. The van der Waals surface area contributed by atoms with E-state index in [2.05, 4.69) is 27.1 Å². The average Bonchev–Trinajstić information content (AvgIpc) is 2.93. The molecule has 0 saturated heterocycles. The maximum Gasteiger partial charge on any atom is 0.240 e. The fraction of sp³-hybridized carbons (Fsp3) is 0.571. The van der Waals surface area contributed by atoms with Crippen LogP contribution >= 0.6 is 0 Å². The summed E-state index contributed by atoms with van der Waals surface area (Å²) in [6.07, 6.45) is 6.80. The fourth-order valence-corrected chi connectivity index (χ4v) is 3.28. The molecule has 0 aliphatic heterocycles. The number of nitrogens with zero attached hydrogens (tertiary/aromatic N) is 2. The lowest BCUT2D eigenvalue weighted by molar-refractivity contribution is 0.568. The Balaban J connectivity index is 1.83. The molecule has 1 aromatic carbocycles. The average molecular weight is 310 g/mol. The normalized spacial score (nSPS) is 12.0. The monoisotopic (exact) mass is 310 g/mol. The molecule has 0 unspecified atom stereocenters. The summed E-state index contributed by atoms with van der Waals surface area (Å²) in [4.78, 5) is 0.231. The first-order valence-electron chi connectivity index (χ1n) is 7.43. The summed E-state index contributed by atoms with van der Waals surface area (Å²) in [5.41, 5.74) is 1.21. The third-order valence-electron chi connectivity index (χ3n) is 3.42. The maximum absolute atomic E-state index is 12.2. The number of nitrogens with one attached hydrogen (secondary N) is 2. The van der Waals surface area contributed by atoms with E-state index in [0.29, 0.717) is 17.6 Å². The van der Waals surface area contributed by atoms with Crippen LogP contribution in [0.15, 0.2) is 23.1 Å². The molecule has 0 radical (unpaired) electrons. The zero-order chi connectivity index (χ0) is 15.1. The zero-order valence-electron chi connectivity index (χ0n) is 12.3. The van der Waals surface area contributed by atoms with Crippen molar-refractivity contribution in [3.8, 4) is 0 Å². The van der Waals surface area contributed by atoms with Gasteiger partial charge in [0.2, 0.25) is 10.0 Å². The number of sulfonamides is 1. The number of aromatic amines is 1. The van der Waals surface area contributed by atoms with Gasteiger partial charge in [0.05, 0.1) is 4.90 Å². The molecule has 0 amide bonds. The van der Waals surface area contributed by atoms with Crippen LogP contribution < -0.4 is 4.72 Å². The summed E-state index contributed by atoms with van der Waals surface area (Å²) in [7, 11) is -3.46. The van der Waals surface area contributed by atoms with Gasteiger partial charge in [-0.15, -0.1) is 0 Å². The van der Waals surface area contributed by atoms with Gasteiger partial charge in [-0.25, -0.2) is 13.1 Å². The van der Waals surface area contributed by atoms with Gasteiger partial charge in [-0.3, -0.25) is 0 Å². The second-order valence-corrected chi connectivity index (χ2v) is 6.91. The van der Waals surface area contributed by atoms with E-state index in [1.807, 2.05) is 0 Å². The molecule has 21 heavy (non-hydrogen) atoms. The number of rotatable bonds is 9. The molecule has 1 aromatic heterocycles. The highest BCUT2D eigenvalue weighted by atomic mass is 32.2. The van der Waals surface area contributed by atoms with Crippen LogP contribution in [0.3, 0.4) is 0 Å². The Hall–Kier alpha value is -1.47. The van der Waals surface area contributed by atoms with E-state index in [9.17, 15) is 8.42 Å². The Bertz CT molecular complexity index is 666. The SMILES string of the molecule is CCCCCCCCNS(=O)(=O)c1ccc2n[nH]nc2c1. The molecule has 0 aliphatic carbocycles. The molecule has 2 aromatic rings. The van der Waals surface area contributed by atoms with Crippen molar-refractivity contribution in [3.63, 3.8) is 0 Å². The van der Waals surface area contributed by atoms with Crippen molar-refractivity contribution < 1.29 is 8.42 Å². The summed E-state index contributed by atoms with van der Waals surface area (Å²) in [5.74, 6) is 0.